The molecule has 1 aliphatic heterocycles. The third-order valence-corrected chi connectivity index (χ3v) is 6.44. The Morgan fingerprint density at radius 2 is 1.86 bits per heavy atom. The fraction of sp³-hybridized carbons (Fsp3) is 0.429. The molecule has 2 amide bonds. The summed E-state index contributed by atoms with van der Waals surface area (Å²) in [6, 6.07) is 6.32. The Morgan fingerprint density at radius 3 is 2.61 bits per heavy atom. The minimum Gasteiger partial charge on any atom is -0.423 e. The number of nitrogens with zero attached hydrogens (tertiary/aromatic N) is 1. The molecule has 1 saturated heterocycles. The molecule has 144 valence electrons. The van der Waals surface area contributed by atoms with Gasteiger partial charge in [-0.25, -0.2) is 9.69 Å². The monoisotopic (exact) mass is 381 g/mol. The smallest absolute Gasteiger partial charge is 0.336 e. The first kappa shape index (κ1) is 17.3. The van der Waals surface area contributed by atoms with Crippen LogP contribution in [-0.2, 0) is 25.7 Å². The standard InChI is InChI=1S/C21H19NO6/c1-27-9-11-7-17(24)28-16-8-12(3-5-13(11)16)22-20(25)18-10-2-4-14(15(23)6-10)19(18)21(22)26/h3,5,7-8,10,14,18-19H,2,4,6,9H2,1H3/t10-,14+,18+,19-/m0/s1. The maximum absolute atomic E-state index is 13.1. The van der Waals surface area contributed by atoms with Gasteiger partial charge in [-0.3, -0.25) is 14.4 Å². The maximum Gasteiger partial charge on any atom is 0.336 e. The van der Waals surface area contributed by atoms with Crippen molar-refractivity contribution in [3.05, 3.63) is 40.2 Å². The van der Waals surface area contributed by atoms with Gasteiger partial charge in [0.25, 0.3) is 0 Å². The maximum atomic E-state index is 13.1. The largest absolute Gasteiger partial charge is 0.423 e. The number of methoxy groups -OCH3 is 1. The second kappa shape index (κ2) is 6.10. The van der Waals surface area contributed by atoms with Crippen molar-refractivity contribution < 1.29 is 23.5 Å². The lowest BCUT2D eigenvalue weighted by Crippen LogP contribution is -2.46. The van der Waals surface area contributed by atoms with Crippen LogP contribution < -0.4 is 10.5 Å². The number of benzene rings is 1. The van der Waals surface area contributed by atoms with Gasteiger partial charge in [0, 0.05) is 37.0 Å². The zero-order valence-electron chi connectivity index (χ0n) is 15.3. The molecule has 4 fully saturated rings. The summed E-state index contributed by atoms with van der Waals surface area (Å²) in [5.41, 5.74) is 0.831. The van der Waals surface area contributed by atoms with Crippen LogP contribution in [0.3, 0.4) is 0 Å². The van der Waals surface area contributed by atoms with Crippen molar-refractivity contribution in [2.75, 3.05) is 12.0 Å². The van der Waals surface area contributed by atoms with E-state index < -0.39 is 17.5 Å². The Balaban J connectivity index is 1.59. The highest BCUT2D eigenvalue weighted by molar-refractivity contribution is 6.24. The lowest BCUT2D eigenvalue weighted by molar-refractivity contribution is -0.143. The van der Waals surface area contributed by atoms with Gasteiger partial charge in [-0.05, 0) is 36.5 Å². The van der Waals surface area contributed by atoms with E-state index in [-0.39, 0.29) is 36.0 Å². The molecule has 7 nitrogen and oxygen atoms in total. The van der Waals surface area contributed by atoms with E-state index in [1.807, 2.05) is 0 Å². The number of anilines is 1. The predicted octanol–water partition coefficient (Wildman–Crippen LogP) is 2.04. The summed E-state index contributed by atoms with van der Waals surface area (Å²) in [4.78, 5) is 51.5. The van der Waals surface area contributed by atoms with Gasteiger partial charge < -0.3 is 9.15 Å². The Morgan fingerprint density at radius 1 is 1.07 bits per heavy atom. The quantitative estimate of drug-likeness (QED) is 0.597. The first-order valence-electron chi connectivity index (χ1n) is 9.46. The van der Waals surface area contributed by atoms with E-state index in [1.165, 1.54) is 18.1 Å². The van der Waals surface area contributed by atoms with Crippen molar-refractivity contribution in [1.29, 1.82) is 0 Å². The minimum absolute atomic E-state index is 0.0457. The van der Waals surface area contributed by atoms with Crippen molar-refractivity contribution in [3.8, 4) is 0 Å². The van der Waals surface area contributed by atoms with Gasteiger partial charge in [0.05, 0.1) is 24.1 Å². The number of ether oxygens (including phenoxy) is 1. The van der Waals surface area contributed by atoms with E-state index in [0.717, 1.165) is 6.42 Å². The third-order valence-electron chi connectivity index (χ3n) is 6.44. The average molecular weight is 381 g/mol. The summed E-state index contributed by atoms with van der Waals surface area (Å²) in [5.74, 6) is -1.80. The number of hydrogen-bond acceptors (Lipinski definition) is 6. The highest BCUT2D eigenvalue weighted by Gasteiger charge is 2.60. The highest BCUT2D eigenvalue weighted by atomic mass is 16.5. The number of ketones is 1. The number of Topliss-reactive ketones (excluding diaryl/α,β-unsaturated/α-hetero) is 1. The molecular weight excluding hydrogens is 362 g/mol. The van der Waals surface area contributed by atoms with Gasteiger partial charge in [0.2, 0.25) is 11.8 Å². The summed E-state index contributed by atoms with van der Waals surface area (Å²) in [5, 5.41) is 0.692. The van der Waals surface area contributed by atoms with Crippen LogP contribution in [0, 0.1) is 23.7 Å². The van der Waals surface area contributed by atoms with E-state index in [2.05, 4.69) is 0 Å². The van der Waals surface area contributed by atoms with Crippen LogP contribution in [0.4, 0.5) is 5.69 Å². The average Bonchev–Trinajstić information content (AvgIpc) is 2.94. The zero-order chi connectivity index (χ0) is 19.6. The molecule has 0 spiro atoms. The fourth-order valence-corrected chi connectivity index (χ4v) is 5.27. The Bertz CT molecular complexity index is 1090. The van der Waals surface area contributed by atoms with Gasteiger partial charge in [-0.1, -0.05) is 0 Å². The molecule has 4 aliphatic rings. The Labute approximate surface area is 160 Å². The molecule has 2 aromatic rings. The summed E-state index contributed by atoms with van der Waals surface area (Å²) >= 11 is 0. The van der Waals surface area contributed by atoms with Crippen LogP contribution >= 0.6 is 0 Å². The van der Waals surface area contributed by atoms with Gasteiger partial charge in [0.1, 0.15) is 11.4 Å². The van der Waals surface area contributed by atoms with Gasteiger partial charge >= 0.3 is 5.63 Å². The Kier molecular flexibility index (Phi) is 3.77. The molecule has 0 unspecified atom stereocenters. The fourth-order valence-electron chi connectivity index (χ4n) is 5.27. The van der Waals surface area contributed by atoms with Crippen LogP contribution in [0.1, 0.15) is 24.8 Å². The predicted molar refractivity (Wildman–Crippen MR) is 98.5 cm³/mol. The number of rotatable bonds is 3. The number of fused-ring (bicyclic) bond motifs is 3. The van der Waals surface area contributed by atoms with Crippen molar-refractivity contribution >= 4 is 34.3 Å². The molecule has 4 atom stereocenters. The van der Waals surface area contributed by atoms with Crippen LogP contribution in [0.2, 0.25) is 0 Å². The molecule has 2 heterocycles. The molecular formula is C21H19NO6. The summed E-state index contributed by atoms with van der Waals surface area (Å²) in [6.07, 6.45) is 1.90. The highest BCUT2D eigenvalue weighted by Crippen LogP contribution is 2.52. The van der Waals surface area contributed by atoms with E-state index in [9.17, 15) is 19.2 Å². The van der Waals surface area contributed by atoms with E-state index >= 15 is 0 Å². The van der Waals surface area contributed by atoms with Gasteiger partial charge in [0.15, 0.2) is 0 Å². The van der Waals surface area contributed by atoms with Gasteiger partial charge in [-0.15, -0.1) is 0 Å². The number of imide groups is 1. The Hall–Kier alpha value is -2.80. The second-order valence-corrected chi connectivity index (χ2v) is 7.88. The number of carbonyl (C=O) groups excluding carboxylic acids is 3. The van der Waals surface area contributed by atoms with Crippen molar-refractivity contribution in [2.24, 2.45) is 23.7 Å². The van der Waals surface area contributed by atoms with Gasteiger partial charge in [-0.2, -0.15) is 0 Å². The van der Waals surface area contributed by atoms with Crippen LogP contribution in [0.15, 0.2) is 33.5 Å². The molecule has 1 aromatic heterocycles. The molecule has 0 N–H and O–H groups in total. The van der Waals surface area contributed by atoms with E-state index in [0.29, 0.717) is 35.1 Å². The molecule has 28 heavy (non-hydrogen) atoms. The normalized spacial score (nSPS) is 29.0. The summed E-state index contributed by atoms with van der Waals surface area (Å²) in [6.45, 7) is 0.249. The lowest BCUT2D eigenvalue weighted by Gasteiger charge is -2.41. The van der Waals surface area contributed by atoms with E-state index in [4.69, 9.17) is 9.15 Å². The van der Waals surface area contributed by atoms with Crippen molar-refractivity contribution in [3.63, 3.8) is 0 Å². The van der Waals surface area contributed by atoms with Crippen molar-refractivity contribution in [1.82, 2.24) is 0 Å². The number of carbonyl (C=O) groups is 3. The molecule has 0 radical (unpaired) electrons. The SMILES string of the molecule is COCc1cc(=O)oc2cc(N3C(=O)[C@@H]4[C@H]5CC[C@H](C(=O)C5)[C@@H]4C3=O)ccc12. The van der Waals surface area contributed by atoms with Crippen LogP contribution in [0.25, 0.3) is 11.0 Å². The summed E-state index contributed by atoms with van der Waals surface area (Å²) in [7, 11) is 1.54. The molecule has 3 saturated carbocycles. The third kappa shape index (κ3) is 2.32. The molecule has 2 bridgehead atoms. The zero-order valence-corrected chi connectivity index (χ0v) is 15.3. The molecule has 7 heteroatoms. The van der Waals surface area contributed by atoms with Crippen LogP contribution in [0.5, 0.6) is 0 Å². The summed E-state index contributed by atoms with van der Waals surface area (Å²) < 4.78 is 10.4. The first-order chi connectivity index (χ1) is 13.5. The van der Waals surface area contributed by atoms with Crippen LogP contribution in [-0.4, -0.2) is 24.7 Å². The number of amides is 2. The lowest BCUT2D eigenvalue weighted by atomic mass is 9.59. The van der Waals surface area contributed by atoms with Crippen molar-refractivity contribution in [2.45, 2.75) is 25.9 Å². The number of hydrogen-bond donors (Lipinski definition) is 0. The molecule has 1 aromatic carbocycles. The molecule has 6 rings (SSSR count). The molecule has 3 aliphatic carbocycles. The first-order valence-corrected chi connectivity index (χ1v) is 9.46. The topological polar surface area (TPSA) is 93.9 Å². The van der Waals surface area contributed by atoms with E-state index in [1.54, 1.807) is 18.2 Å². The minimum atomic E-state index is -0.546. The second-order valence-electron chi connectivity index (χ2n) is 7.88.